The maximum Gasteiger partial charge on any atom is 0.341 e. The number of carbonyl (C=O) groups excluding carboxylic acids is 3. The lowest BCUT2D eigenvalue weighted by Gasteiger charge is -2.20. The molecule has 0 saturated carbocycles. The van der Waals surface area contributed by atoms with Crippen LogP contribution in [0.5, 0.6) is 5.75 Å². The summed E-state index contributed by atoms with van der Waals surface area (Å²) in [6.07, 6.45) is -1.07. The van der Waals surface area contributed by atoms with Crippen molar-refractivity contribution in [2.24, 2.45) is 5.41 Å². The average Bonchev–Trinajstić information content (AvgIpc) is 2.67. The summed E-state index contributed by atoms with van der Waals surface area (Å²) in [6, 6.07) is 4.01. The van der Waals surface area contributed by atoms with Crippen molar-refractivity contribution in [3.63, 3.8) is 0 Å². The van der Waals surface area contributed by atoms with Gasteiger partial charge in [-0.2, -0.15) is 0 Å². The molecule has 8 heteroatoms. The van der Waals surface area contributed by atoms with Gasteiger partial charge in [-0.3, -0.25) is 4.79 Å². The van der Waals surface area contributed by atoms with Crippen molar-refractivity contribution in [3.8, 4) is 5.75 Å². The van der Waals surface area contributed by atoms with Crippen LogP contribution in [-0.4, -0.2) is 44.7 Å². The Kier molecular flexibility index (Phi) is 8.59. The predicted molar refractivity (Wildman–Crippen MR) is 99.9 cm³/mol. The van der Waals surface area contributed by atoms with Crippen molar-refractivity contribution < 1.29 is 38.1 Å². The summed E-state index contributed by atoms with van der Waals surface area (Å²) >= 11 is 0. The Morgan fingerprint density at radius 3 is 1.89 bits per heavy atom. The first-order valence-electron chi connectivity index (χ1n) is 8.89. The lowest BCUT2D eigenvalue weighted by atomic mass is 9.91. The van der Waals surface area contributed by atoms with Crippen LogP contribution in [0, 0.1) is 5.41 Å². The van der Waals surface area contributed by atoms with Crippen LogP contribution in [0.2, 0.25) is 0 Å². The second-order valence-electron chi connectivity index (χ2n) is 6.75. The zero-order valence-corrected chi connectivity index (χ0v) is 17.4. The summed E-state index contributed by atoms with van der Waals surface area (Å²) in [5.41, 5.74) is -0.861. The van der Waals surface area contributed by atoms with Gasteiger partial charge in [-0.25, -0.2) is 9.59 Å². The normalized spacial score (nSPS) is 13.4. The number of hydrogen-bond acceptors (Lipinski definition) is 8. The van der Waals surface area contributed by atoms with Gasteiger partial charge in [-0.05, 0) is 52.3 Å². The zero-order valence-electron chi connectivity index (χ0n) is 17.4. The minimum atomic E-state index is -0.834. The van der Waals surface area contributed by atoms with Gasteiger partial charge in [0.15, 0.2) is 12.6 Å². The van der Waals surface area contributed by atoms with E-state index in [1.54, 1.807) is 13.8 Å². The summed E-state index contributed by atoms with van der Waals surface area (Å²) in [5, 5.41) is 0. The van der Waals surface area contributed by atoms with E-state index in [1.165, 1.54) is 46.3 Å². The molecule has 0 bridgehead atoms. The molecule has 8 nitrogen and oxygen atoms in total. The minimum absolute atomic E-state index is 0.0493. The number of rotatable bonds is 9. The van der Waals surface area contributed by atoms with Gasteiger partial charge in [0.2, 0.25) is 0 Å². The molecule has 0 aliphatic carbocycles. The van der Waals surface area contributed by atoms with E-state index in [9.17, 15) is 14.4 Å². The van der Waals surface area contributed by atoms with Crippen LogP contribution in [0.15, 0.2) is 18.2 Å². The highest BCUT2D eigenvalue weighted by Crippen LogP contribution is 2.26. The number of benzene rings is 1. The van der Waals surface area contributed by atoms with Gasteiger partial charge in [0.1, 0.15) is 5.75 Å². The van der Waals surface area contributed by atoms with Crippen LogP contribution < -0.4 is 4.74 Å². The predicted octanol–water partition coefficient (Wildman–Crippen LogP) is 3.33. The van der Waals surface area contributed by atoms with Crippen molar-refractivity contribution in [1.82, 2.24) is 0 Å². The topological polar surface area (TPSA) is 97.4 Å². The second-order valence-corrected chi connectivity index (χ2v) is 6.75. The molecule has 0 amide bonds. The van der Waals surface area contributed by atoms with E-state index in [-0.39, 0.29) is 16.9 Å². The van der Waals surface area contributed by atoms with Gasteiger partial charge in [0, 0.05) is 14.2 Å². The van der Waals surface area contributed by atoms with Gasteiger partial charge >= 0.3 is 17.9 Å². The summed E-state index contributed by atoms with van der Waals surface area (Å²) in [7, 11) is 2.75. The standard InChI is InChI=1S/C20H28O8/c1-8-20(4,5)19(23)28-14-9-10-15(17(21)26-12(2)24-6)16(11-14)18(22)27-13(3)25-7/h9-13H,8H2,1-7H3. The molecule has 2 atom stereocenters. The largest absolute Gasteiger partial charge is 0.432 e. The Labute approximate surface area is 165 Å². The van der Waals surface area contributed by atoms with Gasteiger partial charge in [-0.15, -0.1) is 0 Å². The molecular weight excluding hydrogens is 368 g/mol. The number of hydrogen-bond donors (Lipinski definition) is 0. The SMILES string of the molecule is CCC(C)(C)C(=O)Oc1ccc(C(=O)OC(C)OC)c(C(=O)OC(C)OC)c1. The highest BCUT2D eigenvalue weighted by atomic mass is 16.7. The van der Waals surface area contributed by atoms with Crippen LogP contribution >= 0.6 is 0 Å². The quantitative estimate of drug-likeness (QED) is 0.356. The Balaban J connectivity index is 3.24. The summed E-state index contributed by atoms with van der Waals surface area (Å²) in [5.74, 6) is -1.94. The maximum atomic E-state index is 12.5. The number of esters is 3. The molecular formula is C20H28O8. The lowest BCUT2D eigenvalue weighted by molar-refractivity contribution is -0.144. The van der Waals surface area contributed by atoms with E-state index in [0.717, 1.165) is 0 Å². The molecule has 156 valence electrons. The van der Waals surface area contributed by atoms with Gasteiger partial charge in [0.25, 0.3) is 0 Å². The third-order valence-electron chi connectivity index (χ3n) is 4.29. The third kappa shape index (κ3) is 6.31. The van der Waals surface area contributed by atoms with Crippen LogP contribution in [0.1, 0.15) is 61.8 Å². The maximum absolute atomic E-state index is 12.5. The molecule has 0 saturated heterocycles. The molecule has 28 heavy (non-hydrogen) atoms. The Morgan fingerprint density at radius 1 is 0.929 bits per heavy atom. The Morgan fingerprint density at radius 2 is 1.43 bits per heavy atom. The molecule has 0 aromatic heterocycles. The lowest BCUT2D eigenvalue weighted by Crippen LogP contribution is -2.28. The van der Waals surface area contributed by atoms with E-state index in [4.69, 9.17) is 23.7 Å². The van der Waals surface area contributed by atoms with Crippen molar-refractivity contribution in [2.75, 3.05) is 14.2 Å². The Hall–Kier alpha value is -2.45. The molecule has 0 N–H and O–H groups in total. The highest BCUT2D eigenvalue weighted by molar-refractivity contribution is 6.03. The molecule has 1 rings (SSSR count). The fourth-order valence-corrected chi connectivity index (χ4v) is 1.85. The number of methoxy groups -OCH3 is 2. The third-order valence-corrected chi connectivity index (χ3v) is 4.29. The molecule has 0 heterocycles. The molecule has 0 radical (unpaired) electrons. The van der Waals surface area contributed by atoms with Gasteiger partial charge in [0.05, 0.1) is 16.5 Å². The molecule has 0 spiro atoms. The molecule has 0 aliphatic heterocycles. The first kappa shape index (κ1) is 23.6. The zero-order chi connectivity index (χ0) is 21.5. The monoisotopic (exact) mass is 396 g/mol. The smallest absolute Gasteiger partial charge is 0.341 e. The van der Waals surface area contributed by atoms with Crippen molar-refractivity contribution in [3.05, 3.63) is 29.3 Å². The average molecular weight is 396 g/mol. The minimum Gasteiger partial charge on any atom is -0.432 e. The summed E-state index contributed by atoms with van der Waals surface area (Å²) in [4.78, 5) is 37.2. The number of carbonyl (C=O) groups is 3. The van der Waals surface area contributed by atoms with E-state index < -0.39 is 35.9 Å². The summed E-state index contributed by atoms with van der Waals surface area (Å²) < 4.78 is 25.4. The molecule has 0 aliphatic rings. The molecule has 1 aromatic carbocycles. The van der Waals surface area contributed by atoms with E-state index in [2.05, 4.69) is 0 Å². The number of ether oxygens (including phenoxy) is 5. The van der Waals surface area contributed by atoms with Crippen LogP contribution in [0.4, 0.5) is 0 Å². The molecule has 0 fully saturated rings. The van der Waals surface area contributed by atoms with Gasteiger partial charge in [-0.1, -0.05) is 6.92 Å². The van der Waals surface area contributed by atoms with Crippen molar-refractivity contribution in [1.29, 1.82) is 0 Å². The highest BCUT2D eigenvalue weighted by Gasteiger charge is 2.29. The van der Waals surface area contributed by atoms with Crippen LogP contribution in [0.3, 0.4) is 0 Å². The van der Waals surface area contributed by atoms with E-state index >= 15 is 0 Å². The van der Waals surface area contributed by atoms with Crippen LogP contribution in [-0.2, 0) is 23.7 Å². The molecule has 1 aromatic rings. The van der Waals surface area contributed by atoms with E-state index in [1.807, 2.05) is 6.92 Å². The molecule has 2 unspecified atom stereocenters. The first-order valence-corrected chi connectivity index (χ1v) is 8.89. The second kappa shape index (κ2) is 10.2. The summed E-state index contributed by atoms with van der Waals surface area (Å²) in [6.45, 7) is 8.43. The fourth-order valence-electron chi connectivity index (χ4n) is 1.85. The van der Waals surface area contributed by atoms with Crippen LogP contribution in [0.25, 0.3) is 0 Å². The Bertz CT molecular complexity index is 710. The van der Waals surface area contributed by atoms with E-state index in [0.29, 0.717) is 6.42 Å². The van der Waals surface area contributed by atoms with Gasteiger partial charge < -0.3 is 23.7 Å². The van der Waals surface area contributed by atoms with Crippen molar-refractivity contribution >= 4 is 17.9 Å². The fraction of sp³-hybridized carbons (Fsp3) is 0.550. The van der Waals surface area contributed by atoms with Crippen molar-refractivity contribution in [2.45, 2.75) is 53.6 Å². The first-order chi connectivity index (χ1) is 13.0.